The minimum atomic E-state index is -0.203. The van der Waals surface area contributed by atoms with E-state index in [9.17, 15) is 4.79 Å². The predicted molar refractivity (Wildman–Crippen MR) is 111 cm³/mol. The molecule has 1 atom stereocenters. The number of hydrogen-bond donors (Lipinski definition) is 1. The molecule has 1 amide bonds. The van der Waals surface area contributed by atoms with Crippen LogP contribution in [0, 0.1) is 0 Å². The van der Waals surface area contributed by atoms with Crippen LogP contribution < -0.4 is 10.2 Å². The summed E-state index contributed by atoms with van der Waals surface area (Å²) in [5.74, 6) is 0.124. The first kappa shape index (κ1) is 18.0. The maximum absolute atomic E-state index is 12.9. The van der Waals surface area contributed by atoms with E-state index in [1.807, 2.05) is 48.2 Å². The van der Waals surface area contributed by atoms with E-state index in [-0.39, 0.29) is 11.2 Å². The van der Waals surface area contributed by atoms with E-state index in [1.54, 1.807) is 0 Å². The Balaban J connectivity index is 1.35. The van der Waals surface area contributed by atoms with Crippen LogP contribution >= 0.6 is 23.1 Å². The fourth-order valence-electron chi connectivity index (χ4n) is 3.09. The number of carbonyl (C=O) groups is 1. The summed E-state index contributed by atoms with van der Waals surface area (Å²) in [4.78, 5) is 14.8. The first-order valence-electron chi connectivity index (χ1n) is 8.88. The Labute approximate surface area is 166 Å². The Bertz CT molecular complexity index is 928. The average molecular weight is 397 g/mol. The van der Waals surface area contributed by atoms with E-state index in [0.717, 1.165) is 28.1 Å². The van der Waals surface area contributed by atoms with Gasteiger partial charge in [-0.05, 0) is 30.5 Å². The van der Waals surface area contributed by atoms with Crippen molar-refractivity contribution in [1.82, 2.24) is 10.2 Å². The topological polar surface area (TPSA) is 58.1 Å². The predicted octanol–water partition coefficient (Wildman–Crippen LogP) is 4.22. The van der Waals surface area contributed by atoms with Crippen molar-refractivity contribution < 1.29 is 4.79 Å². The lowest BCUT2D eigenvalue weighted by atomic mass is 10.2. The summed E-state index contributed by atoms with van der Waals surface area (Å²) in [6, 6.07) is 18.3. The van der Waals surface area contributed by atoms with Gasteiger partial charge >= 0.3 is 0 Å². The molecule has 2 aromatic carbocycles. The maximum Gasteiger partial charge on any atom is 0.240 e. The third kappa shape index (κ3) is 4.14. The molecule has 1 aliphatic heterocycles. The van der Waals surface area contributed by atoms with Crippen molar-refractivity contribution in [2.75, 3.05) is 16.8 Å². The second-order valence-electron chi connectivity index (χ2n) is 6.34. The van der Waals surface area contributed by atoms with Crippen LogP contribution in [0.3, 0.4) is 0 Å². The summed E-state index contributed by atoms with van der Waals surface area (Å²) in [7, 11) is 0. The highest BCUT2D eigenvalue weighted by atomic mass is 32.2. The average Bonchev–Trinajstić information content (AvgIpc) is 3.33. The molecule has 0 fully saturated rings. The molecule has 7 heteroatoms. The zero-order chi connectivity index (χ0) is 18.6. The Hall–Kier alpha value is -2.38. The van der Waals surface area contributed by atoms with Crippen LogP contribution in [0.5, 0.6) is 0 Å². The number of anilines is 2. The third-order valence-electron chi connectivity index (χ3n) is 4.47. The van der Waals surface area contributed by atoms with Crippen molar-refractivity contribution in [3.8, 4) is 0 Å². The molecule has 1 aliphatic rings. The van der Waals surface area contributed by atoms with E-state index in [2.05, 4.69) is 33.7 Å². The molecule has 2 heterocycles. The zero-order valence-corrected chi connectivity index (χ0v) is 16.6. The smallest absolute Gasteiger partial charge is 0.240 e. The third-order valence-corrected chi connectivity index (χ3v) is 6.52. The highest BCUT2D eigenvalue weighted by Crippen LogP contribution is 2.33. The normalized spacial score (nSPS) is 14.0. The van der Waals surface area contributed by atoms with Gasteiger partial charge in [-0.15, -0.1) is 10.2 Å². The number of amides is 1. The number of hydrogen-bond acceptors (Lipinski definition) is 6. The van der Waals surface area contributed by atoms with Gasteiger partial charge in [-0.25, -0.2) is 0 Å². The Kier molecular flexibility index (Phi) is 5.40. The minimum Gasteiger partial charge on any atom is -0.356 e. The molecule has 138 valence electrons. The van der Waals surface area contributed by atoms with E-state index in [4.69, 9.17) is 0 Å². The summed E-state index contributed by atoms with van der Waals surface area (Å²) in [6.45, 7) is 3.40. The quantitative estimate of drug-likeness (QED) is 0.632. The molecule has 0 bridgehead atoms. The van der Waals surface area contributed by atoms with Crippen LogP contribution in [-0.4, -0.2) is 27.9 Å². The molecule has 0 aliphatic carbocycles. The lowest BCUT2D eigenvalue weighted by Gasteiger charge is -2.20. The van der Waals surface area contributed by atoms with Gasteiger partial charge in [0.2, 0.25) is 11.0 Å². The molecule has 0 spiro atoms. The number of thioether (sulfide) groups is 1. The highest BCUT2D eigenvalue weighted by Gasteiger charge is 2.28. The maximum atomic E-state index is 12.9. The Morgan fingerprint density at radius 2 is 1.96 bits per heavy atom. The number of carbonyl (C=O) groups excluding carboxylic acids is 1. The van der Waals surface area contributed by atoms with Gasteiger partial charge in [0.25, 0.3) is 0 Å². The van der Waals surface area contributed by atoms with Gasteiger partial charge in [0.1, 0.15) is 0 Å². The monoisotopic (exact) mass is 396 g/mol. The van der Waals surface area contributed by atoms with Gasteiger partial charge < -0.3 is 10.2 Å². The summed E-state index contributed by atoms with van der Waals surface area (Å²) >= 11 is 2.95. The van der Waals surface area contributed by atoms with E-state index >= 15 is 0 Å². The Morgan fingerprint density at radius 3 is 2.81 bits per heavy atom. The molecule has 5 nitrogen and oxygen atoms in total. The van der Waals surface area contributed by atoms with Crippen LogP contribution in [0.25, 0.3) is 0 Å². The minimum absolute atomic E-state index is 0.124. The molecule has 27 heavy (non-hydrogen) atoms. The van der Waals surface area contributed by atoms with Gasteiger partial charge in [-0.2, -0.15) is 0 Å². The van der Waals surface area contributed by atoms with Gasteiger partial charge in [-0.1, -0.05) is 71.6 Å². The number of nitrogens with one attached hydrogen (secondary N) is 1. The molecule has 0 saturated heterocycles. The van der Waals surface area contributed by atoms with Crippen molar-refractivity contribution in [2.45, 2.75) is 29.5 Å². The van der Waals surface area contributed by atoms with Crippen molar-refractivity contribution >= 4 is 39.8 Å². The SMILES string of the molecule is C[C@H](Sc1nnc(NCc2ccccc2)s1)C(=O)N1CCc2ccccc21. The van der Waals surface area contributed by atoms with Crippen molar-refractivity contribution in [3.05, 3.63) is 65.7 Å². The molecule has 1 N–H and O–H groups in total. The van der Waals surface area contributed by atoms with Crippen molar-refractivity contribution in [2.24, 2.45) is 0 Å². The second kappa shape index (κ2) is 8.10. The van der Waals surface area contributed by atoms with Crippen molar-refractivity contribution in [1.29, 1.82) is 0 Å². The van der Waals surface area contributed by atoms with E-state index in [1.165, 1.54) is 34.2 Å². The highest BCUT2D eigenvalue weighted by molar-refractivity contribution is 8.02. The molecule has 0 unspecified atom stereocenters. The first-order valence-corrected chi connectivity index (χ1v) is 10.6. The molecule has 0 radical (unpaired) electrons. The molecule has 0 saturated carbocycles. The summed E-state index contributed by atoms with van der Waals surface area (Å²) in [6.07, 6.45) is 0.922. The van der Waals surface area contributed by atoms with Gasteiger partial charge in [-0.3, -0.25) is 4.79 Å². The standard InChI is InChI=1S/C20H20N4OS2/c1-14(18(25)24-12-11-16-9-5-6-10-17(16)24)26-20-23-22-19(27-20)21-13-15-7-3-2-4-8-15/h2-10,14H,11-13H2,1H3,(H,21,22)/t14-/m0/s1. The summed E-state index contributed by atoms with van der Waals surface area (Å²) < 4.78 is 0.805. The molecule has 4 rings (SSSR count). The number of aromatic nitrogens is 2. The van der Waals surface area contributed by atoms with E-state index in [0.29, 0.717) is 6.54 Å². The lowest BCUT2D eigenvalue weighted by Crippen LogP contribution is -2.35. The molecular formula is C20H20N4OS2. The second-order valence-corrected chi connectivity index (χ2v) is 8.91. The van der Waals surface area contributed by atoms with Crippen LogP contribution in [0.15, 0.2) is 58.9 Å². The van der Waals surface area contributed by atoms with Crippen LogP contribution in [0.1, 0.15) is 18.1 Å². The fourth-order valence-corrected chi connectivity index (χ4v) is 5.04. The fraction of sp³-hybridized carbons (Fsp3) is 0.250. The van der Waals surface area contributed by atoms with Crippen LogP contribution in [0.2, 0.25) is 0 Å². The molecule has 3 aromatic rings. The summed E-state index contributed by atoms with van der Waals surface area (Å²) in [5.41, 5.74) is 3.47. The number of nitrogens with zero attached hydrogens (tertiary/aromatic N) is 3. The van der Waals surface area contributed by atoms with Gasteiger partial charge in [0.05, 0.1) is 5.25 Å². The van der Waals surface area contributed by atoms with Crippen LogP contribution in [0.4, 0.5) is 10.8 Å². The number of benzene rings is 2. The first-order chi connectivity index (χ1) is 13.2. The van der Waals surface area contributed by atoms with Gasteiger partial charge in [0, 0.05) is 18.8 Å². The van der Waals surface area contributed by atoms with Gasteiger partial charge in [0.15, 0.2) is 4.34 Å². The van der Waals surface area contributed by atoms with E-state index < -0.39 is 0 Å². The number of para-hydroxylation sites is 1. The zero-order valence-electron chi connectivity index (χ0n) is 15.0. The number of rotatable bonds is 6. The molecular weight excluding hydrogens is 376 g/mol. The largest absolute Gasteiger partial charge is 0.356 e. The number of fused-ring (bicyclic) bond motifs is 1. The summed E-state index contributed by atoms with van der Waals surface area (Å²) in [5, 5.41) is 12.3. The lowest BCUT2D eigenvalue weighted by molar-refractivity contribution is -0.117. The Morgan fingerprint density at radius 1 is 1.19 bits per heavy atom. The molecule has 1 aromatic heterocycles. The van der Waals surface area contributed by atoms with Crippen molar-refractivity contribution in [3.63, 3.8) is 0 Å². The van der Waals surface area contributed by atoms with Crippen LogP contribution in [-0.2, 0) is 17.8 Å².